The molecular formula is C26H23N3O3. The van der Waals surface area contributed by atoms with Gasteiger partial charge in [-0.05, 0) is 55.3 Å². The van der Waals surface area contributed by atoms with Crippen molar-refractivity contribution < 1.29 is 14.3 Å². The molecule has 1 amide bonds. The molecule has 2 aromatic carbocycles. The van der Waals surface area contributed by atoms with Gasteiger partial charge in [0.1, 0.15) is 0 Å². The summed E-state index contributed by atoms with van der Waals surface area (Å²) in [5.41, 5.74) is 4.24. The molecule has 160 valence electrons. The fourth-order valence-electron chi connectivity index (χ4n) is 3.35. The molecule has 2 heterocycles. The number of nitrogens with zero attached hydrogens (tertiary/aromatic N) is 2. The quantitative estimate of drug-likeness (QED) is 0.438. The van der Waals surface area contributed by atoms with E-state index < -0.39 is 18.0 Å². The lowest BCUT2D eigenvalue weighted by Gasteiger charge is -2.15. The van der Waals surface area contributed by atoms with E-state index in [9.17, 15) is 9.59 Å². The van der Waals surface area contributed by atoms with Crippen LogP contribution in [0.5, 0.6) is 0 Å². The maximum Gasteiger partial charge on any atom is 0.339 e. The van der Waals surface area contributed by atoms with E-state index in [0.29, 0.717) is 27.8 Å². The second-order valence-electron chi connectivity index (χ2n) is 7.40. The average Bonchev–Trinajstić information content (AvgIpc) is 2.84. The van der Waals surface area contributed by atoms with Crippen LogP contribution in [-0.2, 0) is 16.0 Å². The summed E-state index contributed by atoms with van der Waals surface area (Å²) < 4.78 is 5.52. The molecule has 1 unspecified atom stereocenters. The Balaban J connectivity index is 1.56. The van der Waals surface area contributed by atoms with Crippen LogP contribution >= 0.6 is 0 Å². The number of esters is 1. The molecule has 0 aliphatic heterocycles. The highest BCUT2D eigenvalue weighted by Crippen LogP contribution is 2.25. The van der Waals surface area contributed by atoms with Crippen LogP contribution in [-0.4, -0.2) is 27.9 Å². The normalized spacial score (nSPS) is 11.7. The second-order valence-corrected chi connectivity index (χ2v) is 7.40. The van der Waals surface area contributed by atoms with Crippen molar-refractivity contribution >= 4 is 28.5 Å². The summed E-state index contributed by atoms with van der Waals surface area (Å²) in [7, 11) is 0. The van der Waals surface area contributed by atoms with Crippen molar-refractivity contribution in [3.8, 4) is 11.3 Å². The maximum absolute atomic E-state index is 13.0. The van der Waals surface area contributed by atoms with E-state index in [1.807, 2.05) is 60.7 Å². The van der Waals surface area contributed by atoms with E-state index in [2.05, 4.69) is 22.2 Å². The Hall–Kier alpha value is -4.06. The number of nitrogens with one attached hydrogen (secondary N) is 1. The molecule has 0 fully saturated rings. The Morgan fingerprint density at radius 3 is 2.53 bits per heavy atom. The highest BCUT2D eigenvalue weighted by molar-refractivity contribution is 6.06. The predicted molar refractivity (Wildman–Crippen MR) is 124 cm³/mol. The van der Waals surface area contributed by atoms with Crippen LogP contribution in [0.1, 0.15) is 29.8 Å². The molecule has 0 saturated heterocycles. The lowest BCUT2D eigenvalue weighted by Crippen LogP contribution is -2.30. The van der Waals surface area contributed by atoms with E-state index in [-0.39, 0.29) is 0 Å². The van der Waals surface area contributed by atoms with Gasteiger partial charge in [0.2, 0.25) is 0 Å². The van der Waals surface area contributed by atoms with Crippen molar-refractivity contribution in [3.05, 3.63) is 90.3 Å². The Kier molecular flexibility index (Phi) is 6.22. The molecule has 1 atom stereocenters. The van der Waals surface area contributed by atoms with Gasteiger partial charge in [-0.25, -0.2) is 9.78 Å². The van der Waals surface area contributed by atoms with Crippen molar-refractivity contribution in [2.75, 3.05) is 5.32 Å². The first-order valence-electron chi connectivity index (χ1n) is 10.5. The number of ether oxygens (including phenoxy) is 1. The van der Waals surface area contributed by atoms with Gasteiger partial charge in [-0.15, -0.1) is 0 Å². The van der Waals surface area contributed by atoms with E-state index in [1.165, 1.54) is 5.56 Å². The lowest BCUT2D eigenvalue weighted by molar-refractivity contribution is -0.123. The van der Waals surface area contributed by atoms with Gasteiger partial charge in [-0.3, -0.25) is 9.78 Å². The van der Waals surface area contributed by atoms with Crippen molar-refractivity contribution in [1.82, 2.24) is 9.97 Å². The Morgan fingerprint density at radius 2 is 1.81 bits per heavy atom. The van der Waals surface area contributed by atoms with Gasteiger partial charge in [0, 0.05) is 29.0 Å². The number of para-hydroxylation sites is 1. The van der Waals surface area contributed by atoms with Crippen LogP contribution in [0.2, 0.25) is 0 Å². The lowest BCUT2D eigenvalue weighted by atomic mass is 10.0. The largest absolute Gasteiger partial charge is 0.449 e. The van der Waals surface area contributed by atoms with Gasteiger partial charge in [-0.2, -0.15) is 0 Å². The molecule has 6 nitrogen and oxygen atoms in total. The molecule has 4 aromatic rings. The molecule has 4 rings (SSSR count). The van der Waals surface area contributed by atoms with Gasteiger partial charge < -0.3 is 10.1 Å². The number of anilines is 1. The molecule has 0 bridgehead atoms. The molecule has 0 aliphatic rings. The number of hydrogen-bond donors (Lipinski definition) is 1. The zero-order valence-electron chi connectivity index (χ0n) is 17.9. The molecule has 0 radical (unpaired) electrons. The molecule has 0 saturated carbocycles. The number of hydrogen-bond acceptors (Lipinski definition) is 5. The van der Waals surface area contributed by atoms with Gasteiger partial charge in [0.05, 0.1) is 16.8 Å². The predicted octanol–water partition coefficient (Wildman–Crippen LogP) is 5.04. The van der Waals surface area contributed by atoms with Gasteiger partial charge in [-0.1, -0.05) is 37.3 Å². The van der Waals surface area contributed by atoms with Crippen LogP contribution in [0, 0.1) is 0 Å². The average molecular weight is 425 g/mol. The van der Waals surface area contributed by atoms with Crippen LogP contribution in [0.4, 0.5) is 5.69 Å². The minimum atomic E-state index is -0.970. The third-order valence-electron chi connectivity index (χ3n) is 5.18. The summed E-state index contributed by atoms with van der Waals surface area (Å²) in [6.07, 6.45) is 3.31. The first kappa shape index (κ1) is 21.2. The van der Waals surface area contributed by atoms with Gasteiger partial charge >= 0.3 is 5.97 Å². The standard InChI is InChI=1S/C26H23N3O3/c1-3-18-10-12-20(13-11-18)28-25(30)17(2)32-26(31)22-15-24(19-7-6-14-27-16-19)29-23-9-5-4-8-21(22)23/h4-17H,3H2,1-2H3,(H,28,30). The van der Waals surface area contributed by atoms with Crippen molar-refractivity contribution in [2.45, 2.75) is 26.4 Å². The second kappa shape index (κ2) is 9.39. The zero-order valence-corrected chi connectivity index (χ0v) is 17.9. The van der Waals surface area contributed by atoms with Crippen LogP contribution in [0.25, 0.3) is 22.2 Å². The molecule has 2 aromatic heterocycles. The number of aromatic nitrogens is 2. The number of benzene rings is 2. The van der Waals surface area contributed by atoms with E-state index in [4.69, 9.17) is 4.74 Å². The zero-order chi connectivity index (χ0) is 22.5. The summed E-state index contributed by atoms with van der Waals surface area (Å²) in [5, 5.41) is 3.45. The van der Waals surface area contributed by atoms with Crippen molar-refractivity contribution in [3.63, 3.8) is 0 Å². The monoisotopic (exact) mass is 425 g/mol. The number of rotatable bonds is 6. The number of pyridine rings is 2. The third-order valence-corrected chi connectivity index (χ3v) is 5.18. The minimum Gasteiger partial charge on any atom is -0.449 e. The van der Waals surface area contributed by atoms with Crippen molar-refractivity contribution in [1.29, 1.82) is 0 Å². The third kappa shape index (κ3) is 4.64. The Labute approximate surface area is 186 Å². The molecule has 0 aliphatic carbocycles. The molecule has 32 heavy (non-hydrogen) atoms. The van der Waals surface area contributed by atoms with Crippen molar-refractivity contribution in [2.24, 2.45) is 0 Å². The first-order valence-corrected chi connectivity index (χ1v) is 10.5. The molecule has 0 spiro atoms. The van der Waals surface area contributed by atoms with Gasteiger partial charge in [0.15, 0.2) is 6.10 Å². The highest BCUT2D eigenvalue weighted by Gasteiger charge is 2.22. The fourth-order valence-corrected chi connectivity index (χ4v) is 3.35. The number of carbonyl (C=O) groups excluding carboxylic acids is 2. The maximum atomic E-state index is 13.0. The number of aryl methyl sites for hydroxylation is 1. The summed E-state index contributed by atoms with van der Waals surface area (Å²) in [4.78, 5) is 34.4. The van der Waals surface area contributed by atoms with Gasteiger partial charge in [0.25, 0.3) is 5.91 Å². The SMILES string of the molecule is CCc1ccc(NC(=O)C(C)OC(=O)c2cc(-c3cccnc3)nc3ccccc23)cc1. The first-order chi connectivity index (χ1) is 15.5. The Morgan fingerprint density at radius 1 is 1.03 bits per heavy atom. The number of amides is 1. The summed E-state index contributed by atoms with van der Waals surface area (Å²) in [6, 6.07) is 20.3. The van der Waals surface area contributed by atoms with Crippen LogP contribution in [0.3, 0.4) is 0 Å². The highest BCUT2D eigenvalue weighted by atomic mass is 16.5. The fraction of sp³-hybridized carbons (Fsp3) is 0.154. The van der Waals surface area contributed by atoms with E-state index in [1.54, 1.807) is 25.4 Å². The summed E-state index contributed by atoms with van der Waals surface area (Å²) in [6.45, 7) is 3.62. The summed E-state index contributed by atoms with van der Waals surface area (Å²) >= 11 is 0. The topological polar surface area (TPSA) is 81.2 Å². The molecule has 1 N–H and O–H groups in total. The van der Waals surface area contributed by atoms with Crippen LogP contribution in [0.15, 0.2) is 79.1 Å². The molecular weight excluding hydrogens is 402 g/mol. The van der Waals surface area contributed by atoms with E-state index >= 15 is 0 Å². The number of fused-ring (bicyclic) bond motifs is 1. The minimum absolute atomic E-state index is 0.349. The molecule has 6 heteroatoms. The Bertz CT molecular complexity index is 1250. The smallest absolute Gasteiger partial charge is 0.339 e. The summed E-state index contributed by atoms with van der Waals surface area (Å²) in [5.74, 6) is -0.980. The van der Waals surface area contributed by atoms with Crippen LogP contribution < -0.4 is 5.32 Å². The number of carbonyl (C=O) groups is 2. The van der Waals surface area contributed by atoms with E-state index in [0.717, 1.165) is 12.0 Å².